The maximum absolute atomic E-state index is 14.5. The number of nitrogens with zero attached hydrogens (tertiary/aromatic N) is 4. The SMILES string of the molecule is Cc1cccc([C@@H](C)Nc2nnc(C)c3ncc(N4CC(C)(O)C4)cc23)c1F. The third-order valence-electron chi connectivity index (χ3n) is 5.24. The van der Waals surface area contributed by atoms with Gasteiger partial charge in [-0.25, -0.2) is 4.39 Å². The smallest absolute Gasteiger partial charge is 0.158 e. The van der Waals surface area contributed by atoms with E-state index in [1.165, 1.54) is 0 Å². The third-order valence-corrected chi connectivity index (χ3v) is 5.24. The van der Waals surface area contributed by atoms with Gasteiger partial charge >= 0.3 is 0 Å². The van der Waals surface area contributed by atoms with Gasteiger partial charge in [0.15, 0.2) is 5.82 Å². The molecule has 1 aliphatic heterocycles. The summed E-state index contributed by atoms with van der Waals surface area (Å²) in [4.78, 5) is 6.63. The maximum atomic E-state index is 14.5. The molecule has 1 fully saturated rings. The fourth-order valence-corrected chi connectivity index (χ4v) is 3.67. The summed E-state index contributed by atoms with van der Waals surface area (Å²) in [5.41, 5.74) is 2.93. The molecule has 6 nitrogen and oxygen atoms in total. The van der Waals surface area contributed by atoms with Crippen LogP contribution in [-0.2, 0) is 0 Å². The Morgan fingerprint density at radius 3 is 2.71 bits per heavy atom. The number of fused-ring (bicyclic) bond motifs is 1. The molecule has 1 aromatic carbocycles. The molecule has 146 valence electrons. The lowest BCUT2D eigenvalue weighted by Crippen LogP contribution is -2.60. The number of pyridine rings is 1. The van der Waals surface area contributed by atoms with E-state index in [4.69, 9.17) is 0 Å². The fourth-order valence-electron chi connectivity index (χ4n) is 3.67. The van der Waals surface area contributed by atoms with Crippen LogP contribution in [0, 0.1) is 19.7 Å². The van der Waals surface area contributed by atoms with E-state index in [9.17, 15) is 9.50 Å². The van der Waals surface area contributed by atoms with E-state index in [-0.39, 0.29) is 11.9 Å². The van der Waals surface area contributed by atoms with Gasteiger partial charge < -0.3 is 15.3 Å². The molecule has 0 saturated carbocycles. The number of rotatable bonds is 4. The zero-order valence-electron chi connectivity index (χ0n) is 16.5. The average Bonchev–Trinajstić information content (AvgIpc) is 2.64. The first-order chi connectivity index (χ1) is 13.2. The van der Waals surface area contributed by atoms with Gasteiger partial charge in [-0.15, -0.1) is 5.10 Å². The van der Waals surface area contributed by atoms with E-state index in [0.717, 1.165) is 22.3 Å². The molecule has 0 spiro atoms. The van der Waals surface area contributed by atoms with E-state index in [2.05, 4.69) is 25.4 Å². The van der Waals surface area contributed by atoms with Crippen LogP contribution in [0.2, 0.25) is 0 Å². The number of anilines is 2. The van der Waals surface area contributed by atoms with Gasteiger partial charge in [0, 0.05) is 24.0 Å². The van der Waals surface area contributed by atoms with Crippen LogP contribution in [0.15, 0.2) is 30.5 Å². The minimum Gasteiger partial charge on any atom is -0.386 e. The summed E-state index contributed by atoms with van der Waals surface area (Å²) in [5, 5.41) is 22.7. The lowest BCUT2D eigenvalue weighted by atomic mass is 9.96. The number of β-amino-alcohol motifs (C(OH)–C–C–N with tert-alkyl or cyclic N) is 1. The Morgan fingerprint density at radius 1 is 1.25 bits per heavy atom. The van der Waals surface area contributed by atoms with Gasteiger partial charge in [0.05, 0.1) is 34.7 Å². The zero-order valence-corrected chi connectivity index (χ0v) is 16.5. The predicted molar refractivity (Wildman–Crippen MR) is 108 cm³/mol. The van der Waals surface area contributed by atoms with Crippen LogP contribution < -0.4 is 10.2 Å². The summed E-state index contributed by atoms with van der Waals surface area (Å²) >= 11 is 0. The molecular formula is C21H24FN5O. The standard InChI is InChI=1S/C21H24FN5O/c1-12-6-5-7-16(18(12)22)13(2)24-20-17-8-15(27-10-21(4,28)11-27)9-23-19(17)14(3)25-26-20/h5-9,13,28H,10-11H2,1-4H3,(H,24,26)/t13-/m1/s1. The minimum absolute atomic E-state index is 0.214. The monoisotopic (exact) mass is 381 g/mol. The van der Waals surface area contributed by atoms with E-state index in [0.29, 0.717) is 30.0 Å². The molecule has 28 heavy (non-hydrogen) atoms. The van der Waals surface area contributed by atoms with Gasteiger partial charge in [-0.1, -0.05) is 18.2 Å². The van der Waals surface area contributed by atoms with Crippen molar-refractivity contribution in [1.29, 1.82) is 0 Å². The molecule has 1 aliphatic rings. The topological polar surface area (TPSA) is 74.2 Å². The Labute approximate surface area is 163 Å². The predicted octanol–water partition coefficient (Wildman–Crippen LogP) is 3.52. The van der Waals surface area contributed by atoms with Crippen molar-refractivity contribution in [3.63, 3.8) is 0 Å². The van der Waals surface area contributed by atoms with Crippen molar-refractivity contribution in [3.05, 3.63) is 53.1 Å². The van der Waals surface area contributed by atoms with Gasteiger partial charge in [-0.05, 0) is 39.3 Å². The van der Waals surface area contributed by atoms with E-state index < -0.39 is 5.60 Å². The highest BCUT2D eigenvalue weighted by Gasteiger charge is 2.36. The summed E-state index contributed by atoms with van der Waals surface area (Å²) in [7, 11) is 0. The lowest BCUT2D eigenvalue weighted by molar-refractivity contribution is 0.0310. The van der Waals surface area contributed by atoms with Gasteiger partial charge in [0.25, 0.3) is 0 Å². The number of aryl methyl sites for hydroxylation is 2. The molecule has 0 bridgehead atoms. The number of hydrogen-bond donors (Lipinski definition) is 2. The van der Waals surface area contributed by atoms with Crippen LogP contribution in [-0.4, -0.2) is 39.0 Å². The Kier molecular flexibility index (Phi) is 4.42. The molecule has 2 N–H and O–H groups in total. The van der Waals surface area contributed by atoms with Crippen LogP contribution in [0.4, 0.5) is 15.9 Å². The first kappa shape index (κ1) is 18.6. The molecule has 0 unspecified atom stereocenters. The fraction of sp³-hybridized carbons (Fsp3) is 0.381. The second kappa shape index (κ2) is 6.67. The first-order valence-electron chi connectivity index (χ1n) is 9.37. The highest BCUT2D eigenvalue weighted by Crippen LogP contribution is 2.32. The number of hydrogen-bond acceptors (Lipinski definition) is 6. The molecule has 3 heterocycles. The van der Waals surface area contributed by atoms with Gasteiger partial charge in [-0.3, -0.25) is 4.98 Å². The second-order valence-electron chi connectivity index (χ2n) is 7.92. The maximum Gasteiger partial charge on any atom is 0.158 e. The zero-order chi connectivity index (χ0) is 20.1. The molecule has 7 heteroatoms. The highest BCUT2D eigenvalue weighted by molar-refractivity contribution is 5.92. The minimum atomic E-state index is -0.667. The van der Waals surface area contributed by atoms with Crippen LogP contribution in [0.1, 0.15) is 36.7 Å². The molecule has 0 amide bonds. The van der Waals surface area contributed by atoms with Crippen LogP contribution in [0.3, 0.4) is 0 Å². The summed E-state index contributed by atoms with van der Waals surface area (Å²) in [6, 6.07) is 7.09. The molecular weight excluding hydrogens is 357 g/mol. The lowest BCUT2D eigenvalue weighted by Gasteiger charge is -2.45. The summed E-state index contributed by atoms with van der Waals surface area (Å²) in [6.45, 7) is 8.46. The molecule has 3 aromatic rings. The Balaban J connectivity index is 1.70. The van der Waals surface area contributed by atoms with Crippen molar-refractivity contribution in [2.24, 2.45) is 0 Å². The number of halogens is 1. The number of aromatic nitrogens is 3. The van der Waals surface area contributed by atoms with Crippen molar-refractivity contribution in [2.45, 2.75) is 39.3 Å². The highest BCUT2D eigenvalue weighted by atomic mass is 19.1. The van der Waals surface area contributed by atoms with Crippen molar-refractivity contribution >= 4 is 22.4 Å². The Hall–Kier alpha value is -2.80. The average molecular weight is 381 g/mol. The van der Waals surface area contributed by atoms with Crippen molar-refractivity contribution < 1.29 is 9.50 Å². The number of aliphatic hydroxyl groups is 1. The summed E-state index contributed by atoms with van der Waals surface area (Å²) in [5.74, 6) is 0.351. The molecule has 1 atom stereocenters. The second-order valence-corrected chi connectivity index (χ2v) is 7.92. The first-order valence-corrected chi connectivity index (χ1v) is 9.37. The quantitative estimate of drug-likeness (QED) is 0.720. The van der Waals surface area contributed by atoms with Gasteiger partial charge in [0.2, 0.25) is 0 Å². The van der Waals surface area contributed by atoms with Crippen LogP contribution in [0.25, 0.3) is 10.9 Å². The van der Waals surface area contributed by atoms with E-state index >= 15 is 0 Å². The Bertz CT molecular complexity index is 1040. The van der Waals surface area contributed by atoms with Crippen LogP contribution >= 0.6 is 0 Å². The van der Waals surface area contributed by atoms with E-state index in [1.807, 2.05) is 32.9 Å². The molecule has 1 saturated heterocycles. The van der Waals surface area contributed by atoms with Crippen LogP contribution in [0.5, 0.6) is 0 Å². The van der Waals surface area contributed by atoms with E-state index in [1.54, 1.807) is 25.3 Å². The largest absolute Gasteiger partial charge is 0.386 e. The number of benzene rings is 1. The summed E-state index contributed by atoms with van der Waals surface area (Å²) in [6.07, 6.45) is 1.79. The Morgan fingerprint density at radius 2 is 2.00 bits per heavy atom. The van der Waals surface area contributed by atoms with Gasteiger partial charge in [-0.2, -0.15) is 5.10 Å². The molecule has 4 rings (SSSR count). The van der Waals surface area contributed by atoms with Crippen molar-refractivity contribution in [1.82, 2.24) is 15.2 Å². The number of nitrogens with one attached hydrogen (secondary N) is 1. The van der Waals surface area contributed by atoms with Crippen molar-refractivity contribution in [2.75, 3.05) is 23.3 Å². The molecule has 0 aliphatic carbocycles. The molecule has 0 radical (unpaired) electrons. The van der Waals surface area contributed by atoms with Crippen molar-refractivity contribution in [3.8, 4) is 0 Å². The third kappa shape index (κ3) is 3.26. The molecule has 2 aromatic heterocycles. The normalized spacial score (nSPS) is 16.7. The van der Waals surface area contributed by atoms with Gasteiger partial charge in [0.1, 0.15) is 5.82 Å². The summed E-state index contributed by atoms with van der Waals surface area (Å²) < 4.78 is 14.5.